The Morgan fingerprint density at radius 3 is 3.09 bits per heavy atom. The summed E-state index contributed by atoms with van der Waals surface area (Å²) in [5.41, 5.74) is 1.39. The average Bonchev–Trinajstić information content (AvgIpc) is 2.97. The molecular formula is C17H24N4O. The first kappa shape index (κ1) is 15.0. The molecule has 118 valence electrons. The standard InChI is InChI=1S/C17H24N4O/c1-12(2)21-9-5-6-13(11-21)10-18-17(22)16-14-7-3-4-8-15(14)19-20-16/h3-4,7-8,12-13H,5-6,9-11H2,1-2H3,(H,18,22)(H,19,20). The number of likely N-dealkylation sites (tertiary alicyclic amines) is 1. The number of piperidine rings is 1. The summed E-state index contributed by atoms with van der Waals surface area (Å²) < 4.78 is 0. The number of aromatic nitrogens is 2. The lowest BCUT2D eigenvalue weighted by molar-refractivity contribution is 0.0919. The summed E-state index contributed by atoms with van der Waals surface area (Å²) in [6.07, 6.45) is 2.40. The molecule has 1 aliphatic rings. The van der Waals surface area contributed by atoms with Crippen molar-refractivity contribution in [3.63, 3.8) is 0 Å². The summed E-state index contributed by atoms with van der Waals surface area (Å²) in [4.78, 5) is 14.9. The summed E-state index contributed by atoms with van der Waals surface area (Å²) in [5.74, 6) is 0.449. The minimum atomic E-state index is -0.0841. The zero-order valence-electron chi connectivity index (χ0n) is 13.3. The van der Waals surface area contributed by atoms with E-state index in [9.17, 15) is 4.79 Å². The molecule has 2 aromatic rings. The highest BCUT2D eigenvalue weighted by Gasteiger charge is 2.22. The predicted molar refractivity (Wildman–Crippen MR) is 87.9 cm³/mol. The monoisotopic (exact) mass is 300 g/mol. The Kier molecular flexibility index (Phi) is 4.43. The van der Waals surface area contributed by atoms with Crippen LogP contribution in [0, 0.1) is 5.92 Å². The summed E-state index contributed by atoms with van der Waals surface area (Å²) in [5, 5.41) is 11.0. The number of carbonyl (C=O) groups excluding carboxylic acids is 1. The molecule has 5 nitrogen and oxygen atoms in total. The van der Waals surface area contributed by atoms with Gasteiger partial charge < -0.3 is 10.2 Å². The molecule has 0 radical (unpaired) electrons. The smallest absolute Gasteiger partial charge is 0.272 e. The fourth-order valence-corrected chi connectivity index (χ4v) is 3.19. The first-order valence-corrected chi connectivity index (χ1v) is 8.10. The van der Waals surface area contributed by atoms with Gasteiger partial charge in [-0.25, -0.2) is 0 Å². The third-order valence-electron chi connectivity index (χ3n) is 4.52. The van der Waals surface area contributed by atoms with Crippen molar-refractivity contribution in [3.05, 3.63) is 30.0 Å². The van der Waals surface area contributed by atoms with Crippen LogP contribution >= 0.6 is 0 Å². The summed E-state index contributed by atoms with van der Waals surface area (Å²) in [6, 6.07) is 8.30. The van der Waals surface area contributed by atoms with Gasteiger partial charge in [0.25, 0.3) is 5.91 Å². The van der Waals surface area contributed by atoms with Crippen molar-refractivity contribution < 1.29 is 4.79 Å². The van der Waals surface area contributed by atoms with Crippen LogP contribution in [0.2, 0.25) is 0 Å². The highest BCUT2D eigenvalue weighted by molar-refractivity contribution is 6.04. The molecular weight excluding hydrogens is 276 g/mol. The molecule has 22 heavy (non-hydrogen) atoms. The molecule has 0 saturated carbocycles. The van der Waals surface area contributed by atoms with Gasteiger partial charge in [0.1, 0.15) is 0 Å². The van der Waals surface area contributed by atoms with Gasteiger partial charge in [0, 0.05) is 24.5 Å². The third kappa shape index (κ3) is 3.14. The molecule has 1 aliphatic heterocycles. The lowest BCUT2D eigenvalue weighted by atomic mass is 9.97. The molecule has 1 fully saturated rings. The van der Waals surface area contributed by atoms with Gasteiger partial charge in [-0.15, -0.1) is 0 Å². The largest absolute Gasteiger partial charge is 0.350 e. The van der Waals surface area contributed by atoms with E-state index in [0.717, 1.165) is 24.0 Å². The molecule has 2 N–H and O–H groups in total. The fraction of sp³-hybridized carbons (Fsp3) is 0.529. The van der Waals surface area contributed by atoms with Crippen molar-refractivity contribution in [2.45, 2.75) is 32.7 Å². The Hall–Kier alpha value is -1.88. The van der Waals surface area contributed by atoms with E-state index in [0.29, 0.717) is 17.7 Å². The maximum absolute atomic E-state index is 12.4. The number of nitrogens with one attached hydrogen (secondary N) is 2. The lowest BCUT2D eigenvalue weighted by Gasteiger charge is -2.35. The Labute approximate surface area is 131 Å². The van der Waals surface area contributed by atoms with E-state index in [4.69, 9.17) is 0 Å². The maximum atomic E-state index is 12.4. The molecule has 1 saturated heterocycles. The van der Waals surface area contributed by atoms with Crippen LogP contribution in [0.4, 0.5) is 0 Å². The number of benzene rings is 1. The number of amides is 1. The van der Waals surface area contributed by atoms with Crippen LogP contribution in [0.1, 0.15) is 37.2 Å². The quantitative estimate of drug-likeness (QED) is 0.911. The van der Waals surface area contributed by atoms with Gasteiger partial charge in [-0.05, 0) is 45.2 Å². The van der Waals surface area contributed by atoms with Gasteiger partial charge in [-0.1, -0.05) is 18.2 Å². The number of fused-ring (bicyclic) bond motifs is 1. The van der Waals surface area contributed by atoms with E-state index in [2.05, 4.69) is 34.3 Å². The van der Waals surface area contributed by atoms with Gasteiger partial charge in [0.2, 0.25) is 0 Å². The number of hydrogen-bond donors (Lipinski definition) is 2. The topological polar surface area (TPSA) is 61.0 Å². The SMILES string of the molecule is CC(C)N1CCCC(CNC(=O)c2n[nH]c3ccccc23)C1. The molecule has 1 aromatic heterocycles. The normalized spacial score (nSPS) is 19.7. The first-order valence-electron chi connectivity index (χ1n) is 8.10. The second-order valence-electron chi connectivity index (χ2n) is 6.42. The van der Waals surface area contributed by atoms with E-state index >= 15 is 0 Å². The predicted octanol–water partition coefficient (Wildman–Crippen LogP) is 2.41. The number of nitrogens with zero attached hydrogens (tertiary/aromatic N) is 2. The number of para-hydroxylation sites is 1. The molecule has 5 heteroatoms. The second-order valence-corrected chi connectivity index (χ2v) is 6.42. The van der Waals surface area contributed by atoms with Crippen molar-refractivity contribution in [2.24, 2.45) is 5.92 Å². The number of H-pyrrole nitrogens is 1. The Morgan fingerprint density at radius 1 is 1.45 bits per heavy atom. The van der Waals surface area contributed by atoms with E-state index in [1.165, 1.54) is 19.4 Å². The molecule has 0 spiro atoms. The molecule has 3 rings (SSSR count). The maximum Gasteiger partial charge on any atom is 0.272 e. The molecule has 0 aliphatic carbocycles. The highest BCUT2D eigenvalue weighted by atomic mass is 16.1. The molecule has 1 unspecified atom stereocenters. The van der Waals surface area contributed by atoms with Crippen molar-refractivity contribution in [2.75, 3.05) is 19.6 Å². The average molecular weight is 300 g/mol. The number of hydrogen-bond acceptors (Lipinski definition) is 3. The van der Waals surface area contributed by atoms with Crippen LogP contribution in [-0.4, -0.2) is 46.7 Å². The van der Waals surface area contributed by atoms with Gasteiger partial charge in [-0.2, -0.15) is 5.10 Å². The van der Waals surface area contributed by atoms with Crippen molar-refractivity contribution in [1.29, 1.82) is 0 Å². The lowest BCUT2D eigenvalue weighted by Crippen LogP contribution is -2.43. The van der Waals surface area contributed by atoms with Crippen LogP contribution < -0.4 is 5.32 Å². The van der Waals surface area contributed by atoms with Crippen LogP contribution in [0.15, 0.2) is 24.3 Å². The van der Waals surface area contributed by atoms with E-state index in [1.54, 1.807) is 0 Å². The fourth-order valence-electron chi connectivity index (χ4n) is 3.19. The third-order valence-corrected chi connectivity index (χ3v) is 4.52. The zero-order valence-corrected chi connectivity index (χ0v) is 13.3. The van der Waals surface area contributed by atoms with Crippen LogP contribution in [0.3, 0.4) is 0 Å². The van der Waals surface area contributed by atoms with Crippen LogP contribution in [0.5, 0.6) is 0 Å². The van der Waals surface area contributed by atoms with Crippen LogP contribution in [-0.2, 0) is 0 Å². The first-order chi connectivity index (χ1) is 10.6. The second kappa shape index (κ2) is 6.48. The van der Waals surface area contributed by atoms with Crippen molar-refractivity contribution >= 4 is 16.8 Å². The number of carbonyl (C=O) groups is 1. The van der Waals surface area contributed by atoms with Gasteiger partial charge in [-0.3, -0.25) is 9.89 Å². The van der Waals surface area contributed by atoms with E-state index in [1.807, 2.05) is 24.3 Å². The Bertz CT molecular complexity index is 649. The van der Waals surface area contributed by atoms with Gasteiger partial charge >= 0.3 is 0 Å². The van der Waals surface area contributed by atoms with Crippen molar-refractivity contribution in [3.8, 4) is 0 Å². The summed E-state index contributed by atoms with van der Waals surface area (Å²) >= 11 is 0. The minimum Gasteiger partial charge on any atom is -0.350 e. The molecule has 1 atom stereocenters. The van der Waals surface area contributed by atoms with Crippen molar-refractivity contribution in [1.82, 2.24) is 20.4 Å². The summed E-state index contributed by atoms with van der Waals surface area (Å²) in [7, 11) is 0. The Balaban J connectivity index is 1.60. The van der Waals surface area contributed by atoms with Crippen LogP contribution in [0.25, 0.3) is 10.9 Å². The molecule has 1 amide bonds. The van der Waals surface area contributed by atoms with Gasteiger partial charge in [0.05, 0.1) is 5.52 Å². The van der Waals surface area contributed by atoms with Gasteiger partial charge in [0.15, 0.2) is 5.69 Å². The molecule has 2 heterocycles. The minimum absolute atomic E-state index is 0.0841. The summed E-state index contributed by atoms with van der Waals surface area (Å²) in [6.45, 7) is 7.43. The number of rotatable bonds is 4. The van der Waals surface area contributed by atoms with E-state index in [-0.39, 0.29) is 5.91 Å². The zero-order chi connectivity index (χ0) is 15.5. The number of aromatic amines is 1. The Morgan fingerprint density at radius 2 is 2.27 bits per heavy atom. The van der Waals surface area contributed by atoms with E-state index < -0.39 is 0 Å². The highest BCUT2D eigenvalue weighted by Crippen LogP contribution is 2.18. The molecule has 1 aromatic carbocycles. The molecule has 0 bridgehead atoms.